The number of carbonyl (C=O) groups excluding carboxylic acids is 1. The molecule has 0 N–H and O–H groups in total. The molecule has 0 fully saturated rings. The van der Waals surface area contributed by atoms with Crippen molar-refractivity contribution in [3.8, 4) is 18.1 Å². The maximum atomic E-state index is 11.9. The lowest BCUT2D eigenvalue weighted by Crippen LogP contribution is -2.31. The Kier molecular flexibility index (Phi) is 5.40. The zero-order valence-electron chi connectivity index (χ0n) is 14.6. The molecule has 0 saturated heterocycles. The molecule has 0 radical (unpaired) electrons. The molecule has 0 saturated carbocycles. The van der Waals surface area contributed by atoms with Crippen LogP contribution >= 0.6 is 11.3 Å². The van der Waals surface area contributed by atoms with E-state index in [1.165, 1.54) is 12.0 Å². The highest BCUT2D eigenvalue weighted by Crippen LogP contribution is 2.27. The lowest BCUT2D eigenvalue weighted by Gasteiger charge is -2.21. The van der Waals surface area contributed by atoms with Crippen molar-refractivity contribution in [1.82, 2.24) is 4.98 Å². The number of amides is 1. The number of anilines is 1. The SMILES string of the molecule is C#CCN(C(=O)OC)c1ccc(OCc2nc3ccccc3s2)cc1C. The van der Waals surface area contributed by atoms with E-state index in [1.54, 1.807) is 17.4 Å². The molecule has 1 amide bonds. The van der Waals surface area contributed by atoms with E-state index in [-0.39, 0.29) is 6.54 Å². The molecule has 5 nitrogen and oxygen atoms in total. The van der Waals surface area contributed by atoms with Crippen molar-refractivity contribution in [3.05, 3.63) is 53.0 Å². The molecule has 26 heavy (non-hydrogen) atoms. The predicted octanol–water partition coefficient (Wildman–Crippen LogP) is 4.39. The van der Waals surface area contributed by atoms with E-state index in [1.807, 2.05) is 43.3 Å². The number of thiazole rings is 1. The molecular formula is C20H18N2O3S. The zero-order chi connectivity index (χ0) is 18.5. The number of nitrogens with zero attached hydrogens (tertiary/aromatic N) is 2. The quantitative estimate of drug-likeness (QED) is 0.629. The number of methoxy groups -OCH3 is 1. The van der Waals surface area contributed by atoms with Crippen LogP contribution in [0.1, 0.15) is 10.6 Å². The Morgan fingerprint density at radius 1 is 1.31 bits per heavy atom. The van der Waals surface area contributed by atoms with Gasteiger partial charge >= 0.3 is 6.09 Å². The second kappa shape index (κ2) is 7.89. The third-order valence-electron chi connectivity index (χ3n) is 3.80. The lowest BCUT2D eigenvalue weighted by molar-refractivity contribution is 0.179. The third-order valence-corrected chi connectivity index (χ3v) is 4.81. The Morgan fingerprint density at radius 2 is 2.12 bits per heavy atom. The van der Waals surface area contributed by atoms with E-state index < -0.39 is 6.09 Å². The van der Waals surface area contributed by atoms with Crippen molar-refractivity contribution < 1.29 is 14.3 Å². The standard InChI is InChI=1S/C20H18N2O3S/c1-4-11-22(20(23)24-3)17-10-9-15(12-14(17)2)25-13-19-21-16-7-5-6-8-18(16)26-19/h1,5-10,12H,11,13H2,2-3H3. The number of hydrogen-bond donors (Lipinski definition) is 0. The summed E-state index contributed by atoms with van der Waals surface area (Å²) >= 11 is 1.61. The molecular weight excluding hydrogens is 348 g/mol. The Morgan fingerprint density at radius 3 is 2.81 bits per heavy atom. The van der Waals surface area contributed by atoms with Crippen LogP contribution in [0.2, 0.25) is 0 Å². The molecule has 0 bridgehead atoms. The summed E-state index contributed by atoms with van der Waals surface area (Å²) in [5.41, 5.74) is 2.54. The summed E-state index contributed by atoms with van der Waals surface area (Å²) in [6, 6.07) is 13.5. The van der Waals surface area contributed by atoms with Crippen molar-refractivity contribution in [1.29, 1.82) is 0 Å². The number of ether oxygens (including phenoxy) is 2. The number of hydrogen-bond acceptors (Lipinski definition) is 5. The van der Waals surface area contributed by atoms with Gasteiger partial charge in [0.2, 0.25) is 0 Å². The molecule has 2 aromatic carbocycles. The molecule has 1 heterocycles. The lowest BCUT2D eigenvalue weighted by atomic mass is 10.1. The first-order valence-electron chi connectivity index (χ1n) is 7.99. The number of aryl methyl sites for hydroxylation is 1. The van der Waals surface area contributed by atoms with Gasteiger partial charge in [0.25, 0.3) is 0 Å². The largest absolute Gasteiger partial charge is 0.486 e. The smallest absolute Gasteiger partial charge is 0.414 e. The van der Waals surface area contributed by atoms with Crippen molar-refractivity contribution in [3.63, 3.8) is 0 Å². The Bertz CT molecular complexity index is 942. The maximum absolute atomic E-state index is 11.9. The summed E-state index contributed by atoms with van der Waals surface area (Å²) in [5, 5.41) is 0.913. The fourth-order valence-electron chi connectivity index (χ4n) is 2.60. The molecule has 6 heteroatoms. The Balaban J connectivity index is 1.74. The van der Waals surface area contributed by atoms with Crippen LogP contribution in [0.4, 0.5) is 10.5 Å². The maximum Gasteiger partial charge on any atom is 0.414 e. The van der Waals surface area contributed by atoms with Gasteiger partial charge in [-0.05, 0) is 42.8 Å². The van der Waals surface area contributed by atoms with Gasteiger partial charge in [0.1, 0.15) is 17.4 Å². The fourth-order valence-corrected chi connectivity index (χ4v) is 3.48. The Labute approximate surface area is 156 Å². The fraction of sp³-hybridized carbons (Fsp3) is 0.200. The van der Waals surface area contributed by atoms with Gasteiger partial charge in [-0.3, -0.25) is 4.90 Å². The van der Waals surface area contributed by atoms with Crippen LogP contribution in [-0.4, -0.2) is 24.7 Å². The number of carbonyl (C=O) groups is 1. The first kappa shape index (κ1) is 17.8. The van der Waals surface area contributed by atoms with Crippen LogP contribution in [-0.2, 0) is 11.3 Å². The van der Waals surface area contributed by atoms with E-state index in [0.29, 0.717) is 18.0 Å². The molecule has 3 aromatic rings. The number of para-hydroxylation sites is 1. The molecule has 1 aromatic heterocycles. The zero-order valence-corrected chi connectivity index (χ0v) is 15.4. The highest BCUT2D eigenvalue weighted by atomic mass is 32.1. The van der Waals surface area contributed by atoms with Crippen LogP contribution in [0.15, 0.2) is 42.5 Å². The van der Waals surface area contributed by atoms with Crippen molar-refractivity contribution in [2.45, 2.75) is 13.5 Å². The highest BCUT2D eigenvalue weighted by Gasteiger charge is 2.17. The highest BCUT2D eigenvalue weighted by molar-refractivity contribution is 7.18. The molecule has 132 valence electrons. The number of rotatable bonds is 5. The van der Waals surface area contributed by atoms with Crippen molar-refractivity contribution >= 4 is 33.3 Å². The third kappa shape index (κ3) is 3.79. The second-order valence-corrected chi connectivity index (χ2v) is 6.69. The van der Waals surface area contributed by atoms with Crippen molar-refractivity contribution in [2.75, 3.05) is 18.6 Å². The average molecular weight is 366 g/mol. The number of benzene rings is 2. The van der Waals surface area contributed by atoms with Crippen LogP contribution in [0.3, 0.4) is 0 Å². The number of fused-ring (bicyclic) bond motifs is 1. The Hall–Kier alpha value is -3.04. The molecule has 0 aliphatic heterocycles. The summed E-state index contributed by atoms with van der Waals surface area (Å²) in [6.45, 7) is 2.43. The van der Waals surface area contributed by atoms with Crippen LogP contribution in [0.25, 0.3) is 10.2 Å². The minimum absolute atomic E-state index is 0.138. The van der Waals surface area contributed by atoms with Crippen molar-refractivity contribution in [2.24, 2.45) is 0 Å². The molecule has 0 atom stereocenters. The van der Waals surface area contributed by atoms with Gasteiger partial charge in [-0.1, -0.05) is 18.1 Å². The molecule has 0 aliphatic carbocycles. The van der Waals surface area contributed by atoms with E-state index in [2.05, 4.69) is 10.9 Å². The van der Waals surface area contributed by atoms with Gasteiger partial charge < -0.3 is 9.47 Å². The molecule has 0 spiro atoms. The van der Waals surface area contributed by atoms with Gasteiger partial charge in [-0.25, -0.2) is 9.78 Å². The summed E-state index contributed by atoms with van der Waals surface area (Å²) in [7, 11) is 1.33. The van der Waals surface area contributed by atoms with Gasteiger partial charge in [-0.2, -0.15) is 0 Å². The second-order valence-electron chi connectivity index (χ2n) is 5.57. The summed E-state index contributed by atoms with van der Waals surface area (Å²) < 4.78 is 11.8. The molecule has 0 aliphatic rings. The van der Waals surface area contributed by atoms with Crippen LogP contribution in [0, 0.1) is 19.3 Å². The van der Waals surface area contributed by atoms with E-state index in [4.69, 9.17) is 15.9 Å². The van der Waals surface area contributed by atoms with Gasteiger partial charge in [0.05, 0.1) is 29.6 Å². The van der Waals surface area contributed by atoms with E-state index in [0.717, 1.165) is 20.8 Å². The van der Waals surface area contributed by atoms with Gasteiger partial charge in [-0.15, -0.1) is 17.8 Å². The van der Waals surface area contributed by atoms with E-state index in [9.17, 15) is 4.79 Å². The molecule has 3 rings (SSSR count). The van der Waals surface area contributed by atoms with E-state index >= 15 is 0 Å². The first-order chi connectivity index (χ1) is 12.6. The van der Waals surface area contributed by atoms with Gasteiger partial charge in [0, 0.05) is 0 Å². The summed E-state index contributed by atoms with van der Waals surface area (Å²) in [6.07, 6.45) is 4.86. The average Bonchev–Trinajstić information content (AvgIpc) is 3.07. The number of aromatic nitrogens is 1. The predicted molar refractivity (Wildman–Crippen MR) is 104 cm³/mol. The van der Waals surface area contributed by atoms with Gasteiger partial charge in [0.15, 0.2) is 0 Å². The first-order valence-corrected chi connectivity index (χ1v) is 8.81. The topological polar surface area (TPSA) is 51.7 Å². The normalized spacial score (nSPS) is 10.3. The minimum atomic E-state index is -0.491. The summed E-state index contributed by atoms with van der Waals surface area (Å²) in [4.78, 5) is 17.9. The van der Waals surface area contributed by atoms with Crippen LogP contribution in [0.5, 0.6) is 5.75 Å². The minimum Gasteiger partial charge on any atom is -0.486 e. The monoisotopic (exact) mass is 366 g/mol. The number of terminal acetylenes is 1. The van der Waals surface area contributed by atoms with Crippen LogP contribution < -0.4 is 9.64 Å². The molecule has 0 unspecified atom stereocenters. The summed E-state index contributed by atoms with van der Waals surface area (Å²) in [5.74, 6) is 3.17.